The zero-order valence-corrected chi connectivity index (χ0v) is 8.58. The summed E-state index contributed by atoms with van der Waals surface area (Å²) in [4.78, 5) is 1.04. The Kier molecular flexibility index (Phi) is 2.56. The van der Waals surface area contributed by atoms with Crippen molar-refractivity contribution in [2.75, 3.05) is 7.11 Å². The molecule has 2 aromatic heterocycles. The zero-order valence-electron chi connectivity index (χ0n) is 7.77. The number of ether oxygens (including phenoxy) is 1. The third-order valence-corrected chi connectivity index (χ3v) is 2.98. The third kappa shape index (κ3) is 1.66. The van der Waals surface area contributed by atoms with Gasteiger partial charge in [0.1, 0.15) is 11.5 Å². The van der Waals surface area contributed by atoms with Gasteiger partial charge in [-0.25, -0.2) is 0 Å². The van der Waals surface area contributed by atoms with Gasteiger partial charge in [0.15, 0.2) is 0 Å². The lowest BCUT2D eigenvalue weighted by molar-refractivity contribution is 0.416. The molecule has 0 bridgehead atoms. The third-order valence-electron chi connectivity index (χ3n) is 1.99. The average molecular weight is 209 g/mol. The summed E-state index contributed by atoms with van der Waals surface area (Å²) < 4.78 is 10.3. The monoisotopic (exact) mass is 209 g/mol. The van der Waals surface area contributed by atoms with Gasteiger partial charge in [-0.05, 0) is 18.2 Å². The van der Waals surface area contributed by atoms with Crippen LogP contribution < -0.4 is 10.5 Å². The molecule has 0 radical (unpaired) electrons. The fourth-order valence-electron chi connectivity index (χ4n) is 1.21. The van der Waals surface area contributed by atoms with Gasteiger partial charge in [0.05, 0.1) is 19.4 Å². The SMILES string of the molecule is COc1csc(C(N)c2ccco2)c1. The molecule has 0 saturated heterocycles. The summed E-state index contributed by atoms with van der Waals surface area (Å²) in [6.45, 7) is 0. The topological polar surface area (TPSA) is 48.4 Å². The highest BCUT2D eigenvalue weighted by Gasteiger charge is 2.13. The van der Waals surface area contributed by atoms with Crippen LogP contribution in [-0.4, -0.2) is 7.11 Å². The van der Waals surface area contributed by atoms with E-state index < -0.39 is 0 Å². The second-order valence-electron chi connectivity index (χ2n) is 2.88. The molecule has 0 aromatic carbocycles. The van der Waals surface area contributed by atoms with Gasteiger partial charge >= 0.3 is 0 Å². The molecule has 1 atom stereocenters. The van der Waals surface area contributed by atoms with Gasteiger partial charge in [-0.1, -0.05) is 0 Å². The molecular formula is C10H11NO2S. The Morgan fingerprint density at radius 1 is 1.57 bits per heavy atom. The fourth-order valence-corrected chi connectivity index (χ4v) is 2.08. The largest absolute Gasteiger partial charge is 0.496 e. The van der Waals surface area contributed by atoms with Gasteiger partial charge in [-0.15, -0.1) is 11.3 Å². The maximum atomic E-state index is 5.99. The molecule has 14 heavy (non-hydrogen) atoms. The predicted octanol–water partition coefficient (Wildman–Crippen LogP) is 2.40. The van der Waals surface area contributed by atoms with Crippen LogP contribution >= 0.6 is 11.3 Å². The molecule has 0 amide bonds. The first-order valence-corrected chi connectivity index (χ1v) is 5.10. The Balaban J connectivity index is 2.23. The summed E-state index contributed by atoms with van der Waals surface area (Å²) >= 11 is 1.57. The summed E-state index contributed by atoms with van der Waals surface area (Å²) in [5, 5.41) is 1.93. The molecule has 2 N–H and O–H groups in total. The van der Waals surface area contributed by atoms with E-state index in [1.807, 2.05) is 23.6 Å². The van der Waals surface area contributed by atoms with E-state index in [4.69, 9.17) is 14.9 Å². The fraction of sp³-hybridized carbons (Fsp3) is 0.200. The van der Waals surface area contributed by atoms with E-state index in [1.54, 1.807) is 24.7 Å². The van der Waals surface area contributed by atoms with Crippen LogP contribution in [0.2, 0.25) is 0 Å². The Labute approximate surface area is 86.1 Å². The first kappa shape index (κ1) is 9.30. The lowest BCUT2D eigenvalue weighted by Gasteiger charge is -2.04. The van der Waals surface area contributed by atoms with Crippen molar-refractivity contribution in [3.63, 3.8) is 0 Å². The van der Waals surface area contributed by atoms with E-state index >= 15 is 0 Å². The zero-order chi connectivity index (χ0) is 9.97. The minimum absolute atomic E-state index is 0.195. The minimum atomic E-state index is -0.195. The highest BCUT2D eigenvalue weighted by Crippen LogP contribution is 2.29. The molecule has 0 fully saturated rings. The smallest absolute Gasteiger partial charge is 0.129 e. The number of methoxy groups -OCH3 is 1. The van der Waals surface area contributed by atoms with Crippen molar-refractivity contribution < 1.29 is 9.15 Å². The van der Waals surface area contributed by atoms with Crippen molar-refractivity contribution in [3.8, 4) is 5.75 Å². The van der Waals surface area contributed by atoms with Gasteiger partial charge in [0, 0.05) is 10.3 Å². The van der Waals surface area contributed by atoms with Crippen molar-refractivity contribution >= 4 is 11.3 Å². The summed E-state index contributed by atoms with van der Waals surface area (Å²) in [5.41, 5.74) is 5.99. The van der Waals surface area contributed by atoms with Crippen LogP contribution in [-0.2, 0) is 0 Å². The Morgan fingerprint density at radius 2 is 2.43 bits per heavy atom. The van der Waals surface area contributed by atoms with Crippen LogP contribution in [0.3, 0.4) is 0 Å². The van der Waals surface area contributed by atoms with E-state index in [0.29, 0.717) is 0 Å². The van der Waals surface area contributed by atoms with E-state index in [9.17, 15) is 0 Å². The number of thiophene rings is 1. The highest BCUT2D eigenvalue weighted by molar-refractivity contribution is 7.10. The number of hydrogen-bond acceptors (Lipinski definition) is 4. The quantitative estimate of drug-likeness (QED) is 0.844. The van der Waals surface area contributed by atoms with Crippen LogP contribution in [0.4, 0.5) is 0 Å². The molecule has 0 spiro atoms. The maximum absolute atomic E-state index is 5.99. The Hall–Kier alpha value is -1.26. The van der Waals surface area contributed by atoms with E-state index in [2.05, 4.69) is 0 Å². The van der Waals surface area contributed by atoms with Crippen LogP contribution in [0.15, 0.2) is 34.3 Å². The second kappa shape index (κ2) is 3.86. The average Bonchev–Trinajstić information content (AvgIpc) is 2.88. The molecule has 4 heteroatoms. The lowest BCUT2D eigenvalue weighted by atomic mass is 10.2. The molecule has 0 aliphatic rings. The second-order valence-corrected chi connectivity index (χ2v) is 3.82. The first-order chi connectivity index (χ1) is 6.81. The van der Waals surface area contributed by atoms with Gasteiger partial charge in [-0.2, -0.15) is 0 Å². The molecule has 2 heterocycles. The molecular weight excluding hydrogens is 198 g/mol. The number of nitrogens with two attached hydrogens (primary N) is 1. The normalized spacial score (nSPS) is 12.7. The summed E-state index contributed by atoms with van der Waals surface area (Å²) in [6.07, 6.45) is 1.63. The Bertz CT molecular complexity index is 394. The molecule has 74 valence electrons. The number of hydrogen-bond donors (Lipinski definition) is 1. The van der Waals surface area contributed by atoms with E-state index in [0.717, 1.165) is 16.4 Å². The van der Waals surface area contributed by atoms with Crippen LogP contribution in [0.25, 0.3) is 0 Å². The van der Waals surface area contributed by atoms with Crippen molar-refractivity contribution in [2.45, 2.75) is 6.04 Å². The summed E-state index contributed by atoms with van der Waals surface area (Å²) in [7, 11) is 1.64. The molecule has 1 unspecified atom stereocenters. The summed E-state index contributed by atoms with van der Waals surface area (Å²) in [5.74, 6) is 1.61. The van der Waals surface area contributed by atoms with Crippen molar-refractivity contribution in [1.82, 2.24) is 0 Å². The molecule has 3 nitrogen and oxygen atoms in total. The van der Waals surface area contributed by atoms with Gasteiger partial charge < -0.3 is 14.9 Å². The first-order valence-electron chi connectivity index (χ1n) is 4.22. The molecule has 0 aliphatic heterocycles. The molecule has 2 rings (SSSR count). The van der Waals surface area contributed by atoms with Crippen molar-refractivity contribution in [3.05, 3.63) is 40.5 Å². The van der Waals surface area contributed by atoms with Crippen molar-refractivity contribution in [2.24, 2.45) is 5.73 Å². The van der Waals surface area contributed by atoms with E-state index in [-0.39, 0.29) is 6.04 Å². The Morgan fingerprint density at radius 3 is 3.00 bits per heavy atom. The van der Waals surface area contributed by atoms with Gasteiger partial charge in [0.25, 0.3) is 0 Å². The van der Waals surface area contributed by atoms with Gasteiger partial charge in [0.2, 0.25) is 0 Å². The number of furan rings is 1. The van der Waals surface area contributed by atoms with Gasteiger partial charge in [-0.3, -0.25) is 0 Å². The molecule has 2 aromatic rings. The predicted molar refractivity (Wildman–Crippen MR) is 55.6 cm³/mol. The highest BCUT2D eigenvalue weighted by atomic mass is 32.1. The molecule has 0 aliphatic carbocycles. The minimum Gasteiger partial charge on any atom is -0.496 e. The van der Waals surface area contributed by atoms with Crippen molar-refractivity contribution in [1.29, 1.82) is 0 Å². The molecule has 0 saturated carbocycles. The van der Waals surface area contributed by atoms with E-state index in [1.165, 1.54) is 0 Å². The van der Waals surface area contributed by atoms with Crippen LogP contribution in [0.1, 0.15) is 16.7 Å². The van der Waals surface area contributed by atoms with Crippen LogP contribution in [0.5, 0.6) is 5.75 Å². The standard InChI is InChI=1S/C10H11NO2S/c1-12-7-5-9(14-6-7)10(11)8-3-2-4-13-8/h2-6,10H,11H2,1H3. The van der Waals surface area contributed by atoms with Crippen LogP contribution in [0, 0.1) is 0 Å². The summed E-state index contributed by atoms with van der Waals surface area (Å²) in [6, 6.07) is 5.44. The lowest BCUT2D eigenvalue weighted by Crippen LogP contribution is -2.08. The maximum Gasteiger partial charge on any atom is 0.129 e. The number of rotatable bonds is 3.